The van der Waals surface area contributed by atoms with Gasteiger partial charge in [0.1, 0.15) is 5.54 Å². The molecule has 6 nitrogen and oxygen atoms in total. The van der Waals surface area contributed by atoms with Crippen molar-refractivity contribution >= 4 is 17.3 Å². The van der Waals surface area contributed by atoms with E-state index in [0.717, 1.165) is 34.6 Å². The van der Waals surface area contributed by atoms with Crippen LogP contribution in [0.2, 0.25) is 0 Å². The van der Waals surface area contributed by atoms with Gasteiger partial charge < -0.3 is 10.2 Å². The van der Waals surface area contributed by atoms with Gasteiger partial charge in [-0.05, 0) is 36.2 Å². The van der Waals surface area contributed by atoms with E-state index in [9.17, 15) is 4.79 Å². The van der Waals surface area contributed by atoms with Gasteiger partial charge >= 0.3 is 0 Å². The van der Waals surface area contributed by atoms with Crippen LogP contribution in [0.25, 0.3) is 11.1 Å². The van der Waals surface area contributed by atoms with Crippen LogP contribution < -0.4 is 10.2 Å². The number of hydrogen-bond acceptors (Lipinski definition) is 4. The molecule has 1 spiro atoms. The molecule has 5 rings (SSSR count). The van der Waals surface area contributed by atoms with Crippen molar-refractivity contribution in [3.8, 4) is 11.1 Å². The first kappa shape index (κ1) is 14.2. The van der Waals surface area contributed by atoms with E-state index in [1.54, 1.807) is 12.4 Å². The van der Waals surface area contributed by atoms with Crippen LogP contribution in [-0.4, -0.2) is 33.2 Å². The van der Waals surface area contributed by atoms with Crippen molar-refractivity contribution in [3.05, 3.63) is 60.7 Å². The number of carbonyl (C=O) groups is 1. The second-order valence-corrected chi connectivity index (χ2v) is 6.62. The molecule has 3 aromatic rings. The number of amides is 1. The second-order valence-electron chi connectivity index (χ2n) is 6.62. The maximum absolute atomic E-state index is 13.1. The molecule has 1 atom stereocenters. The molecule has 1 aromatic carbocycles. The highest BCUT2D eigenvalue weighted by atomic mass is 16.2. The minimum absolute atomic E-state index is 0.126. The zero-order valence-corrected chi connectivity index (χ0v) is 13.6. The molecule has 2 aliphatic heterocycles. The molecule has 124 valence electrons. The molecule has 1 saturated heterocycles. The molecule has 2 aliphatic rings. The van der Waals surface area contributed by atoms with E-state index < -0.39 is 5.54 Å². The third kappa shape index (κ3) is 2.14. The number of benzene rings is 1. The number of anilines is 2. The van der Waals surface area contributed by atoms with Gasteiger partial charge in [-0.3, -0.25) is 14.9 Å². The van der Waals surface area contributed by atoms with E-state index in [2.05, 4.69) is 20.5 Å². The smallest absolute Gasteiger partial charge is 0.253 e. The van der Waals surface area contributed by atoms with Gasteiger partial charge in [0.2, 0.25) is 0 Å². The number of carbonyl (C=O) groups excluding carboxylic acids is 1. The van der Waals surface area contributed by atoms with Crippen LogP contribution in [-0.2, 0) is 11.2 Å². The van der Waals surface area contributed by atoms with Crippen molar-refractivity contribution in [2.45, 2.75) is 18.4 Å². The molecular weight excluding hydrogens is 314 g/mol. The van der Waals surface area contributed by atoms with Gasteiger partial charge in [-0.25, -0.2) is 0 Å². The molecule has 1 fully saturated rings. The third-order valence-electron chi connectivity index (χ3n) is 5.16. The molecule has 4 heterocycles. The van der Waals surface area contributed by atoms with Gasteiger partial charge in [-0.1, -0.05) is 12.1 Å². The highest BCUT2D eigenvalue weighted by molar-refractivity contribution is 6.05. The van der Waals surface area contributed by atoms with Crippen molar-refractivity contribution in [2.24, 2.45) is 0 Å². The molecule has 1 unspecified atom stereocenters. The molecule has 0 radical (unpaired) electrons. The molecule has 1 amide bonds. The monoisotopic (exact) mass is 331 g/mol. The van der Waals surface area contributed by atoms with Crippen molar-refractivity contribution in [1.29, 1.82) is 0 Å². The van der Waals surface area contributed by atoms with E-state index in [1.807, 2.05) is 47.5 Å². The Morgan fingerprint density at radius 3 is 2.76 bits per heavy atom. The van der Waals surface area contributed by atoms with Gasteiger partial charge in [0, 0.05) is 36.6 Å². The van der Waals surface area contributed by atoms with E-state index in [-0.39, 0.29) is 5.91 Å². The van der Waals surface area contributed by atoms with Gasteiger partial charge in [0.05, 0.1) is 17.6 Å². The number of nitrogens with one attached hydrogen (secondary N) is 2. The Kier molecular flexibility index (Phi) is 2.94. The average molecular weight is 331 g/mol. The molecule has 25 heavy (non-hydrogen) atoms. The van der Waals surface area contributed by atoms with E-state index in [1.165, 1.54) is 0 Å². The lowest BCUT2D eigenvalue weighted by molar-refractivity contribution is -0.120. The van der Waals surface area contributed by atoms with Crippen LogP contribution >= 0.6 is 0 Å². The van der Waals surface area contributed by atoms with Gasteiger partial charge in [-0.2, -0.15) is 5.10 Å². The summed E-state index contributed by atoms with van der Waals surface area (Å²) in [5, 5.41) is 10.2. The first-order chi connectivity index (χ1) is 12.3. The third-order valence-corrected chi connectivity index (χ3v) is 5.16. The maximum atomic E-state index is 13.1. The molecular formula is C19H17N5O. The van der Waals surface area contributed by atoms with Gasteiger partial charge in [-0.15, -0.1) is 0 Å². The number of rotatable bonds is 2. The number of aromatic nitrogens is 3. The number of fused-ring (bicyclic) bond motifs is 1. The number of hydrogen-bond donors (Lipinski definition) is 2. The van der Waals surface area contributed by atoms with E-state index >= 15 is 0 Å². The van der Waals surface area contributed by atoms with E-state index in [0.29, 0.717) is 13.0 Å². The second kappa shape index (κ2) is 5.17. The predicted octanol–water partition coefficient (Wildman–Crippen LogP) is 2.62. The highest BCUT2D eigenvalue weighted by Crippen LogP contribution is 2.39. The van der Waals surface area contributed by atoms with Gasteiger partial charge in [0.15, 0.2) is 0 Å². The maximum Gasteiger partial charge on any atom is 0.253 e. The Labute approximate surface area is 144 Å². The number of pyridine rings is 1. The molecule has 0 aliphatic carbocycles. The summed E-state index contributed by atoms with van der Waals surface area (Å²) in [6.45, 7) is 0.713. The van der Waals surface area contributed by atoms with Crippen molar-refractivity contribution in [2.75, 3.05) is 16.8 Å². The summed E-state index contributed by atoms with van der Waals surface area (Å²) in [6, 6.07) is 11.9. The highest BCUT2D eigenvalue weighted by Gasteiger charge is 2.51. The fraction of sp³-hybridized carbons (Fsp3) is 0.211. The Bertz CT molecular complexity index is 908. The lowest BCUT2D eigenvalue weighted by atomic mass is 9.95. The lowest BCUT2D eigenvalue weighted by Crippen LogP contribution is -2.45. The zero-order chi connectivity index (χ0) is 16.9. The quantitative estimate of drug-likeness (QED) is 0.757. The zero-order valence-electron chi connectivity index (χ0n) is 13.6. The Morgan fingerprint density at radius 2 is 2.00 bits per heavy atom. The van der Waals surface area contributed by atoms with Crippen LogP contribution in [0.15, 0.2) is 55.0 Å². The number of aromatic amines is 1. The summed E-state index contributed by atoms with van der Waals surface area (Å²) in [7, 11) is 0. The van der Waals surface area contributed by atoms with Crippen molar-refractivity contribution in [3.63, 3.8) is 0 Å². The summed E-state index contributed by atoms with van der Waals surface area (Å²) in [5.41, 5.74) is 4.46. The summed E-state index contributed by atoms with van der Waals surface area (Å²) in [5.74, 6) is 0.126. The number of nitrogens with zero attached hydrogens (tertiary/aromatic N) is 3. The molecule has 0 saturated carbocycles. The summed E-state index contributed by atoms with van der Waals surface area (Å²) < 4.78 is 0. The van der Waals surface area contributed by atoms with Crippen LogP contribution in [0.1, 0.15) is 12.1 Å². The van der Waals surface area contributed by atoms with Crippen LogP contribution in [0.3, 0.4) is 0 Å². The van der Waals surface area contributed by atoms with E-state index in [4.69, 9.17) is 0 Å². The predicted molar refractivity (Wildman–Crippen MR) is 95.3 cm³/mol. The minimum Gasteiger partial charge on any atom is -0.369 e. The van der Waals surface area contributed by atoms with Crippen LogP contribution in [0.5, 0.6) is 0 Å². The normalized spacial score (nSPS) is 21.6. The lowest BCUT2D eigenvalue weighted by Gasteiger charge is -2.23. The largest absolute Gasteiger partial charge is 0.369 e. The Hall–Kier alpha value is -3.15. The standard InChI is InChI=1S/C19H17N5O/c25-18-19(10-17-16(23-19)2-1-8-20-17)7-9-24(18)15-5-3-13(4-6-15)14-11-21-22-12-14/h1-6,8,11-12,23H,7,9-10H2,(H,21,22). The fourth-order valence-electron chi connectivity index (χ4n) is 3.82. The molecule has 0 bridgehead atoms. The fourth-order valence-corrected chi connectivity index (χ4v) is 3.82. The SMILES string of the molecule is O=C1N(c2ccc(-c3cn[nH]c3)cc2)CCC12Cc1ncccc1N2. The first-order valence-electron chi connectivity index (χ1n) is 8.38. The number of H-pyrrole nitrogens is 1. The summed E-state index contributed by atoms with van der Waals surface area (Å²) in [4.78, 5) is 19.4. The molecule has 2 aromatic heterocycles. The van der Waals surface area contributed by atoms with Crippen LogP contribution in [0, 0.1) is 0 Å². The van der Waals surface area contributed by atoms with Crippen molar-refractivity contribution in [1.82, 2.24) is 15.2 Å². The van der Waals surface area contributed by atoms with Crippen molar-refractivity contribution < 1.29 is 4.79 Å². The van der Waals surface area contributed by atoms with Crippen LogP contribution in [0.4, 0.5) is 11.4 Å². The van der Waals surface area contributed by atoms with Gasteiger partial charge in [0.25, 0.3) is 5.91 Å². The average Bonchev–Trinajstić information content (AvgIpc) is 3.36. The Balaban J connectivity index is 1.41. The molecule has 6 heteroatoms. The summed E-state index contributed by atoms with van der Waals surface area (Å²) >= 11 is 0. The first-order valence-corrected chi connectivity index (χ1v) is 8.38. The Morgan fingerprint density at radius 1 is 1.12 bits per heavy atom. The molecule has 2 N–H and O–H groups in total. The minimum atomic E-state index is -0.542. The topological polar surface area (TPSA) is 73.9 Å². The summed E-state index contributed by atoms with van der Waals surface area (Å²) in [6.07, 6.45) is 6.87.